The summed E-state index contributed by atoms with van der Waals surface area (Å²) in [6, 6.07) is 97.1. The molecule has 2 unspecified atom stereocenters. The van der Waals surface area contributed by atoms with Crippen molar-refractivity contribution in [1.29, 1.82) is 0 Å². The van der Waals surface area contributed by atoms with Gasteiger partial charge in [-0.3, -0.25) is 0 Å². The second-order valence-corrected chi connectivity index (χ2v) is 26.7. The third kappa shape index (κ3) is 10.7. The maximum atomic E-state index is 15.0. The molecule has 0 aliphatic heterocycles. The molecule has 0 heterocycles. The number of nitrogens with zero attached hydrogens (tertiary/aromatic N) is 2. The predicted molar refractivity (Wildman–Crippen MR) is 385 cm³/mol. The number of hydrogen-bond donors (Lipinski definition) is 0. The van der Waals surface area contributed by atoms with Gasteiger partial charge in [0.05, 0.1) is 10.8 Å². The molecule has 0 saturated heterocycles. The lowest BCUT2D eigenvalue weighted by atomic mass is 9.67. The van der Waals surface area contributed by atoms with E-state index in [-0.39, 0.29) is 22.5 Å². The Labute approximate surface area is 552 Å². The Bertz CT molecular complexity index is 4450. The first-order valence-corrected chi connectivity index (χ1v) is 32.3. The second kappa shape index (κ2) is 24.3. The predicted octanol–water partition coefficient (Wildman–Crippen LogP) is 23.0. The number of benzene rings is 12. The molecule has 94 heavy (non-hydrogen) atoms. The van der Waals surface area contributed by atoms with Gasteiger partial charge in [0.25, 0.3) is 0 Å². The zero-order valence-corrected chi connectivity index (χ0v) is 54.0. The zero-order valence-electron chi connectivity index (χ0n) is 54.0. The normalized spacial score (nSPS) is 15.3. The van der Waals surface area contributed by atoms with E-state index in [1.54, 1.807) is 12.2 Å². The molecule has 462 valence electrons. The van der Waals surface area contributed by atoms with Gasteiger partial charge in [0.1, 0.15) is 36.3 Å². The van der Waals surface area contributed by atoms with Crippen molar-refractivity contribution < 1.29 is 18.3 Å². The van der Waals surface area contributed by atoms with Gasteiger partial charge in [-0.25, -0.2) is 8.78 Å². The highest BCUT2D eigenvalue weighted by molar-refractivity contribution is 5.92. The van der Waals surface area contributed by atoms with Crippen LogP contribution in [0.5, 0.6) is 11.5 Å². The van der Waals surface area contributed by atoms with Crippen LogP contribution in [0.1, 0.15) is 97.2 Å². The second-order valence-electron chi connectivity index (χ2n) is 26.7. The van der Waals surface area contributed by atoms with E-state index in [2.05, 4.69) is 295 Å². The average Bonchev–Trinajstić information content (AvgIpc) is 1.53. The number of fused-ring (bicyclic) bond motifs is 6. The Morgan fingerprint density at radius 1 is 0.330 bits per heavy atom. The molecule has 4 nitrogen and oxygen atoms in total. The molecule has 0 bridgehead atoms. The summed E-state index contributed by atoms with van der Waals surface area (Å²) in [5.74, 6) is 0.926. The quantitative estimate of drug-likeness (QED) is 0.0849. The van der Waals surface area contributed by atoms with Crippen molar-refractivity contribution in [2.45, 2.75) is 63.2 Å². The molecular weight excluding hydrogens is 1150 g/mol. The van der Waals surface area contributed by atoms with E-state index in [1.807, 2.05) is 24.3 Å². The van der Waals surface area contributed by atoms with Gasteiger partial charge in [-0.2, -0.15) is 0 Å². The molecule has 0 radical (unpaired) electrons. The summed E-state index contributed by atoms with van der Waals surface area (Å²) in [6.45, 7) is 22.1. The molecule has 0 aromatic heterocycles. The van der Waals surface area contributed by atoms with E-state index in [9.17, 15) is 8.78 Å². The molecule has 2 aliphatic rings. The van der Waals surface area contributed by atoms with E-state index in [4.69, 9.17) is 9.47 Å². The van der Waals surface area contributed by atoms with Gasteiger partial charge in [-0.15, -0.1) is 0 Å². The Kier molecular flexibility index (Phi) is 15.7. The minimum Gasteiger partial charge on any atom is -0.490 e. The van der Waals surface area contributed by atoms with Gasteiger partial charge in [0.15, 0.2) is 0 Å². The van der Waals surface area contributed by atoms with Gasteiger partial charge in [0.2, 0.25) is 0 Å². The maximum Gasteiger partial charge on any atom is 0.123 e. The van der Waals surface area contributed by atoms with Crippen LogP contribution in [-0.4, -0.2) is 13.2 Å². The summed E-state index contributed by atoms with van der Waals surface area (Å²) in [6.07, 6.45) is 3.52. The molecule has 0 spiro atoms. The Morgan fingerprint density at radius 2 is 0.617 bits per heavy atom. The molecule has 6 heteroatoms. The number of anilines is 6. The van der Waals surface area contributed by atoms with E-state index in [1.165, 1.54) is 57.6 Å². The van der Waals surface area contributed by atoms with Crippen molar-refractivity contribution in [2.24, 2.45) is 0 Å². The molecule has 0 fully saturated rings. The van der Waals surface area contributed by atoms with Crippen LogP contribution in [0, 0.1) is 11.6 Å². The van der Waals surface area contributed by atoms with E-state index in [0.29, 0.717) is 13.2 Å². The van der Waals surface area contributed by atoms with Gasteiger partial charge >= 0.3 is 0 Å². The topological polar surface area (TPSA) is 24.9 Å². The standard InChI is InChI=1S/C88H74F2N2O2/c1-9-55-93-75-49-31-65(32-50-75)87(63-27-23-61(24-28-63)85(3,4)5)81-17-13-11-15-77(81)79-53-47-73(57-83(79)87)91(71-43-35-67(89)36-44-71)69-39-19-59(20-40-69)60-21-41-70(42-22-60)92(72-45-37-68(90)38-46-72)74-48-54-80-78-16-12-14-18-82(78)88(84(80)58-74,64-29-25-62(26-30-64)86(6,7)8)66-33-51-76(52-34-66)94-56-10-2/h9-54,57-58H,1-2,55-56H2,3-8H3. The van der Waals surface area contributed by atoms with Crippen LogP contribution in [0.25, 0.3) is 33.4 Å². The highest BCUT2D eigenvalue weighted by Gasteiger charge is 2.48. The van der Waals surface area contributed by atoms with Crippen LogP contribution in [0.2, 0.25) is 0 Å². The monoisotopic (exact) mass is 1230 g/mol. The smallest absolute Gasteiger partial charge is 0.123 e. The van der Waals surface area contributed by atoms with Crippen molar-refractivity contribution >= 4 is 34.1 Å². The lowest BCUT2D eigenvalue weighted by Crippen LogP contribution is -2.29. The number of rotatable bonds is 17. The third-order valence-corrected chi connectivity index (χ3v) is 19.0. The third-order valence-electron chi connectivity index (χ3n) is 19.0. The summed E-state index contributed by atoms with van der Waals surface area (Å²) >= 11 is 0. The number of halogens is 2. The fraction of sp³-hybridized carbons (Fsp3) is 0.136. The molecule has 0 N–H and O–H groups in total. The summed E-state index contributed by atoms with van der Waals surface area (Å²) in [5, 5.41) is 0. The fourth-order valence-corrected chi connectivity index (χ4v) is 14.4. The molecule has 2 aliphatic carbocycles. The average molecular weight is 1230 g/mol. The molecule has 0 amide bonds. The van der Waals surface area contributed by atoms with Crippen LogP contribution in [0.15, 0.2) is 304 Å². The van der Waals surface area contributed by atoms with Gasteiger partial charge in [0, 0.05) is 34.1 Å². The Morgan fingerprint density at radius 3 is 0.936 bits per heavy atom. The van der Waals surface area contributed by atoms with Crippen molar-refractivity contribution in [3.8, 4) is 44.9 Å². The van der Waals surface area contributed by atoms with Crippen LogP contribution in [-0.2, 0) is 21.7 Å². The van der Waals surface area contributed by atoms with E-state index >= 15 is 0 Å². The minimum absolute atomic E-state index is 0.0410. The first-order valence-electron chi connectivity index (χ1n) is 32.3. The maximum absolute atomic E-state index is 15.0. The molecule has 2 atom stereocenters. The zero-order chi connectivity index (χ0) is 64.9. The Balaban J connectivity index is 0.856. The lowest BCUT2D eigenvalue weighted by molar-refractivity contribution is 0.363. The van der Waals surface area contributed by atoms with Gasteiger partial charge in [-0.1, -0.05) is 225 Å². The fourth-order valence-electron chi connectivity index (χ4n) is 14.4. The van der Waals surface area contributed by atoms with Gasteiger partial charge in [-0.05, 0) is 221 Å². The highest BCUT2D eigenvalue weighted by atomic mass is 19.1. The molecule has 12 aromatic carbocycles. The van der Waals surface area contributed by atoms with Crippen molar-refractivity contribution in [3.63, 3.8) is 0 Å². The molecule has 0 saturated carbocycles. The molecule has 14 rings (SSSR count). The first-order chi connectivity index (χ1) is 45.6. The summed E-state index contributed by atoms with van der Waals surface area (Å²) in [4.78, 5) is 4.43. The summed E-state index contributed by atoms with van der Waals surface area (Å²) in [5.41, 5.74) is 22.2. The van der Waals surface area contributed by atoms with Crippen molar-refractivity contribution in [3.05, 3.63) is 372 Å². The number of ether oxygens (including phenoxy) is 2. The molecule has 12 aromatic rings. The lowest BCUT2D eigenvalue weighted by Gasteiger charge is -2.35. The van der Waals surface area contributed by atoms with Gasteiger partial charge < -0.3 is 19.3 Å². The van der Waals surface area contributed by atoms with Crippen LogP contribution >= 0.6 is 0 Å². The van der Waals surface area contributed by atoms with E-state index in [0.717, 1.165) is 101 Å². The Hall–Kier alpha value is -10.8. The van der Waals surface area contributed by atoms with Crippen molar-refractivity contribution in [2.75, 3.05) is 23.0 Å². The SMILES string of the molecule is C=CCOc1ccc(C2(c3ccc(C(C)(C)C)cc3)c3ccccc3-c3ccc(N(c4ccc(F)cc4)c4ccc(-c5ccc(N(c6ccc(F)cc6)c6ccc7c(c6)C(c6ccc(OCC=C)cc6)(c6ccc(C(C)(C)C)cc6)c6ccccc6-7)cc5)cc4)cc32)cc1. The summed E-state index contributed by atoms with van der Waals surface area (Å²) < 4.78 is 42.1. The summed E-state index contributed by atoms with van der Waals surface area (Å²) in [7, 11) is 0. The number of hydrogen-bond acceptors (Lipinski definition) is 4. The van der Waals surface area contributed by atoms with E-state index < -0.39 is 10.8 Å². The van der Waals surface area contributed by atoms with Crippen LogP contribution in [0.4, 0.5) is 42.9 Å². The first kappa shape index (κ1) is 60.7. The van der Waals surface area contributed by atoms with Crippen molar-refractivity contribution in [1.82, 2.24) is 0 Å². The largest absolute Gasteiger partial charge is 0.490 e. The van der Waals surface area contributed by atoms with Crippen LogP contribution < -0.4 is 19.3 Å². The highest BCUT2D eigenvalue weighted by Crippen LogP contribution is 2.60. The van der Waals surface area contributed by atoms with Crippen LogP contribution in [0.3, 0.4) is 0 Å². The molecular formula is C88H74F2N2O2. The minimum atomic E-state index is -0.712.